The first-order chi connectivity index (χ1) is 5.18. The summed E-state index contributed by atoms with van der Waals surface area (Å²) in [5.74, 6) is 0.0812. The van der Waals surface area contributed by atoms with E-state index in [1.165, 1.54) is 6.92 Å². The minimum absolute atomic E-state index is 0.0812. The molecule has 0 aromatic carbocycles. The van der Waals surface area contributed by atoms with Crippen molar-refractivity contribution in [1.29, 1.82) is 0 Å². The second kappa shape index (κ2) is 6.31. The third-order valence-corrected chi connectivity index (χ3v) is 1.74. The molecule has 0 radical (unpaired) electrons. The van der Waals surface area contributed by atoms with Gasteiger partial charge in [-0.1, -0.05) is 12.8 Å². The summed E-state index contributed by atoms with van der Waals surface area (Å²) in [5.41, 5.74) is 10.8. The maximum Gasteiger partial charge on any atom is 0.146 e. The highest BCUT2D eigenvalue weighted by atomic mass is 16.1. The SMILES string of the molecule is CC(=O)[C@H](N)CCCCCN. The first kappa shape index (κ1) is 10.6. The molecule has 0 saturated carbocycles. The zero-order valence-electron chi connectivity index (χ0n) is 7.18. The van der Waals surface area contributed by atoms with Crippen LogP contribution in [-0.2, 0) is 4.79 Å². The Balaban J connectivity index is 3.17. The first-order valence-electron chi connectivity index (χ1n) is 4.14. The van der Waals surface area contributed by atoms with Crippen LogP contribution in [0.15, 0.2) is 0 Å². The van der Waals surface area contributed by atoms with Crippen molar-refractivity contribution in [2.75, 3.05) is 6.54 Å². The van der Waals surface area contributed by atoms with Gasteiger partial charge in [-0.3, -0.25) is 4.79 Å². The number of hydrogen-bond acceptors (Lipinski definition) is 3. The highest BCUT2D eigenvalue weighted by Gasteiger charge is 2.05. The second-order valence-electron chi connectivity index (χ2n) is 2.86. The Morgan fingerprint density at radius 1 is 1.36 bits per heavy atom. The van der Waals surface area contributed by atoms with Crippen LogP contribution in [0.3, 0.4) is 0 Å². The fraction of sp³-hybridized carbons (Fsp3) is 0.875. The molecule has 66 valence electrons. The Kier molecular flexibility index (Phi) is 6.07. The van der Waals surface area contributed by atoms with Crippen molar-refractivity contribution in [1.82, 2.24) is 0 Å². The average molecular weight is 158 g/mol. The number of rotatable bonds is 6. The summed E-state index contributed by atoms with van der Waals surface area (Å²) in [4.78, 5) is 10.7. The molecule has 4 N–H and O–H groups in total. The van der Waals surface area contributed by atoms with Crippen molar-refractivity contribution in [3.05, 3.63) is 0 Å². The van der Waals surface area contributed by atoms with Gasteiger partial charge in [0.2, 0.25) is 0 Å². The summed E-state index contributed by atoms with van der Waals surface area (Å²) in [6.07, 6.45) is 3.93. The number of nitrogens with two attached hydrogens (primary N) is 2. The minimum Gasteiger partial charge on any atom is -0.330 e. The lowest BCUT2D eigenvalue weighted by Crippen LogP contribution is -2.27. The summed E-state index contributed by atoms with van der Waals surface area (Å²) in [5, 5.41) is 0. The molecule has 0 fully saturated rings. The zero-order valence-corrected chi connectivity index (χ0v) is 7.18. The number of Topliss-reactive ketones (excluding diaryl/α,β-unsaturated/α-hetero) is 1. The molecule has 0 aromatic heterocycles. The Labute approximate surface area is 68.1 Å². The van der Waals surface area contributed by atoms with Gasteiger partial charge in [-0.25, -0.2) is 0 Å². The zero-order chi connectivity index (χ0) is 8.69. The summed E-state index contributed by atoms with van der Waals surface area (Å²) in [6, 6.07) is -0.257. The maximum atomic E-state index is 10.7. The molecule has 0 spiro atoms. The van der Waals surface area contributed by atoms with Crippen molar-refractivity contribution >= 4 is 5.78 Å². The fourth-order valence-electron chi connectivity index (χ4n) is 0.889. The van der Waals surface area contributed by atoms with E-state index in [4.69, 9.17) is 11.5 Å². The van der Waals surface area contributed by atoms with Gasteiger partial charge in [0, 0.05) is 0 Å². The molecule has 0 rings (SSSR count). The summed E-state index contributed by atoms with van der Waals surface area (Å²) in [7, 11) is 0. The molecule has 0 aliphatic rings. The van der Waals surface area contributed by atoms with E-state index in [2.05, 4.69) is 0 Å². The number of unbranched alkanes of at least 4 members (excludes halogenated alkanes) is 2. The average Bonchev–Trinajstić information content (AvgIpc) is 1.97. The van der Waals surface area contributed by atoms with Crippen molar-refractivity contribution in [2.45, 2.75) is 38.6 Å². The topological polar surface area (TPSA) is 69.1 Å². The van der Waals surface area contributed by atoms with Crippen molar-refractivity contribution < 1.29 is 4.79 Å². The lowest BCUT2D eigenvalue weighted by Gasteiger charge is -2.05. The van der Waals surface area contributed by atoms with Gasteiger partial charge in [-0.2, -0.15) is 0 Å². The molecule has 0 aliphatic heterocycles. The molecule has 11 heavy (non-hydrogen) atoms. The number of carbonyl (C=O) groups excluding carboxylic acids is 1. The van der Waals surface area contributed by atoms with Crippen LogP contribution in [-0.4, -0.2) is 18.4 Å². The highest BCUT2D eigenvalue weighted by molar-refractivity contribution is 5.80. The van der Waals surface area contributed by atoms with E-state index in [1.54, 1.807) is 0 Å². The van der Waals surface area contributed by atoms with Gasteiger partial charge < -0.3 is 11.5 Å². The highest BCUT2D eigenvalue weighted by Crippen LogP contribution is 2.01. The van der Waals surface area contributed by atoms with Gasteiger partial charge in [0.05, 0.1) is 6.04 Å². The molecule has 0 saturated heterocycles. The normalized spacial score (nSPS) is 13.0. The summed E-state index contributed by atoms with van der Waals surface area (Å²) in [6.45, 7) is 2.27. The molecule has 0 bridgehead atoms. The van der Waals surface area contributed by atoms with E-state index < -0.39 is 0 Å². The maximum absolute atomic E-state index is 10.7. The Hall–Kier alpha value is -0.410. The Bertz CT molecular complexity index is 115. The molecule has 3 nitrogen and oxygen atoms in total. The first-order valence-corrected chi connectivity index (χ1v) is 4.14. The third-order valence-electron chi connectivity index (χ3n) is 1.74. The van der Waals surface area contributed by atoms with Crippen LogP contribution < -0.4 is 11.5 Å². The molecule has 1 atom stereocenters. The fourth-order valence-corrected chi connectivity index (χ4v) is 0.889. The van der Waals surface area contributed by atoms with Gasteiger partial charge in [0.1, 0.15) is 5.78 Å². The van der Waals surface area contributed by atoms with E-state index in [-0.39, 0.29) is 11.8 Å². The van der Waals surface area contributed by atoms with Crippen molar-refractivity contribution in [3.63, 3.8) is 0 Å². The van der Waals surface area contributed by atoms with Crippen LogP contribution in [0.4, 0.5) is 0 Å². The third kappa shape index (κ3) is 6.01. The predicted molar refractivity (Wildman–Crippen MR) is 46.2 cm³/mol. The van der Waals surface area contributed by atoms with Gasteiger partial charge >= 0.3 is 0 Å². The molecule has 0 heterocycles. The van der Waals surface area contributed by atoms with E-state index >= 15 is 0 Å². The molecule has 3 heteroatoms. The number of carbonyl (C=O) groups is 1. The van der Waals surface area contributed by atoms with Gasteiger partial charge in [0.25, 0.3) is 0 Å². The minimum atomic E-state index is -0.257. The van der Waals surface area contributed by atoms with E-state index in [0.717, 1.165) is 32.2 Å². The van der Waals surface area contributed by atoms with Gasteiger partial charge in [-0.15, -0.1) is 0 Å². The standard InChI is InChI=1S/C8H18N2O/c1-7(11)8(10)5-3-2-4-6-9/h8H,2-6,9-10H2,1H3/t8-/m1/s1. The number of ketones is 1. The monoisotopic (exact) mass is 158 g/mol. The van der Waals surface area contributed by atoms with Crippen LogP contribution in [0.1, 0.15) is 32.6 Å². The van der Waals surface area contributed by atoms with Crippen LogP contribution in [0, 0.1) is 0 Å². The second-order valence-corrected chi connectivity index (χ2v) is 2.86. The smallest absolute Gasteiger partial charge is 0.146 e. The van der Waals surface area contributed by atoms with Gasteiger partial charge in [-0.05, 0) is 26.3 Å². The van der Waals surface area contributed by atoms with E-state index in [9.17, 15) is 4.79 Å². The molecular formula is C8H18N2O. The molecular weight excluding hydrogens is 140 g/mol. The van der Waals surface area contributed by atoms with Crippen LogP contribution >= 0.6 is 0 Å². The number of hydrogen-bond donors (Lipinski definition) is 2. The summed E-state index contributed by atoms with van der Waals surface area (Å²) >= 11 is 0. The van der Waals surface area contributed by atoms with E-state index in [1.807, 2.05) is 0 Å². The quantitative estimate of drug-likeness (QED) is 0.550. The predicted octanol–water partition coefficient (Wildman–Crippen LogP) is 0.422. The van der Waals surface area contributed by atoms with Gasteiger partial charge in [0.15, 0.2) is 0 Å². The van der Waals surface area contributed by atoms with Crippen molar-refractivity contribution in [2.24, 2.45) is 11.5 Å². The Morgan fingerprint density at radius 2 is 2.00 bits per heavy atom. The molecule has 0 aromatic rings. The Morgan fingerprint density at radius 3 is 2.45 bits per heavy atom. The van der Waals surface area contributed by atoms with Crippen LogP contribution in [0.25, 0.3) is 0 Å². The van der Waals surface area contributed by atoms with Crippen LogP contribution in [0.2, 0.25) is 0 Å². The lowest BCUT2D eigenvalue weighted by molar-refractivity contribution is -0.118. The van der Waals surface area contributed by atoms with Crippen LogP contribution in [0.5, 0.6) is 0 Å². The van der Waals surface area contributed by atoms with E-state index in [0.29, 0.717) is 0 Å². The molecule has 0 aliphatic carbocycles. The summed E-state index contributed by atoms with van der Waals surface area (Å²) < 4.78 is 0. The van der Waals surface area contributed by atoms with Crippen molar-refractivity contribution in [3.8, 4) is 0 Å². The molecule has 0 amide bonds. The lowest BCUT2D eigenvalue weighted by atomic mass is 10.1. The molecule has 0 unspecified atom stereocenters. The largest absolute Gasteiger partial charge is 0.330 e.